The normalized spacial score (nSPS) is 18.6. The first kappa shape index (κ1) is 35.6. The molecule has 2 atom stereocenters. The second kappa shape index (κ2) is 14.8. The van der Waals surface area contributed by atoms with Crippen LogP contribution in [0.4, 0.5) is 4.79 Å². The molecule has 1 fully saturated rings. The van der Waals surface area contributed by atoms with Gasteiger partial charge in [0.1, 0.15) is 17.6 Å². The number of urea groups is 1. The summed E-state index contributed by atoms with van der Waals surface area (Å²) in [4.78, 5) is 39.4. The van der Waals surface area contributed by atoms with Crippen molar-refractivity contribution < 1.29 is 22.7 Å². The van der Waals surface area contributed by atoms with Crippen LogP contribution in [0.3, 0.4) is 0 Å². The number of nitrogens with zero attached hydrogens (tertiary/aromatic N) is 6. The molecule has 0 N–H and O–H groups in total. The Morgan fingerprint density at radius 1 is 0.875 bits per heavy atom. The summed E-state index contributed by atoms with van der Waals surface area (Å²) in [5.41, 5.74) is 1.98. The van der Waals surface area contributed by atoms with E-state index >= 15 is 0 Å². The van der Waals surface area contributed by atoms with Gasteiger partial charge in [-0.05, 0) is 60.5 Å². The zero-order valence-corrected chi connectivity index (χ0v) is 30.0. The molecule has 0 aliphatic carbocycles. The van der Waals surface area contributed by atoms with Crippen LogP contribution in [0.2, 0.25) is 10.0 Å². The molecule has 3 aromatic carbocycles. The number of hydrogen-bond acceptors (Lipinski definition) is 7. The van der Waals surface area contributed by atoms with Crippen LogP contribution in [0.25, 0.3) is 0 Å². The molecule has 0 spiro atoms. The molecule has 256 valence electrons. The van der Waals surface area contributed by atoms with Gasteiger partial charge in [0.25, 0.3) is 0 Å². The fourth-order valence-electron chi connectivity index (χ4n) is 5.77. The summed E-state index contributed by atoms with van der Waals surface area (Å²) in [6, 6.07) is 17.7. The third-order valence-corrected chi connectivity index (χ3v) is 10.8. The lowest BCUT2D eigenvalue weighted by molar-refractivity contribution is -0.130. The Kier molecular flexibility index (Phi) is 11.0. The number of amides is 3. The number of sulfonamides is 1. The molecular weight excluding hydrogens is 675 g/mol. The van der Waals surface area contributed by atoms with Crippen molar-refractivity contribution in [1.29, 1.82) is 0 Å². The molecule has 2 aliphatic heterocycles. The van der Waals surface area contributed by atoms with Crippen LogP contribution in [-0.2, 0) is 14.8 Å². The van der Waals surface area contributed by atoms with E-state index in [4.69, 9.17) is 32.9 Å². The quantitative estimate of drug-likeness (QED) is 0.309. The molecule has 1 saturated heterocycles. The Morgan fingerprint density at radius 3 is 2.00 bits per heavy atom. The molecule has 0 saturated carbocycles. The first-order chi connectivity index (χ1) is 22.8. The summed E-state index contributed by atoms with van der Waals surface area (Å²) in [5, 5.41) is 1.10. The molecule has 3 amide bonds. The molecule has 0 bridgehead atoms. The third kappa shape index (κ3) is 7.47. The van der Waals surface area contributed by atoms with Crippen molar-refractivity contribution in [3.8, 4) is 5.75 Å². The molecule has 2 heterocycles. The molecule has 5 rings (SSSR count). The number of amidine groups is 1. The van der Waals surface area contributed by atoms with Crippen LogP contribution in [-0.4, -0.2) is 118 Å². The van der Waals surface area contributed by atoms with Crippen LogP contribution in [0, 0.1) is 0 Å². The van der Waals surface area contributed by atoms with Gasteiger partial charge in [0, 0.05) is 64.4 Å². The first-order valence-corrected chi connectivity index (χ1v) is 17.8. The fraction of sp³-hybridized carbons (Fsp3) is 0.382. The molecular formula is C34H40Cl2N6O5S. The second-order valence-corrected chi connectivity index (χ2v) is 15.1. The van der Waals surface area contributed by atoms with Crippen LogP contribution < -0.4 is 4.74 Å². The van der Waals surface area contributed by atoms with Gasteiger partial charge in [0.2, 0.25) is 15.9 Å². The van der Waals surface area contributed by atoms with E-state index in [1.54, 1.807) is 59.1 Å². The SMILES string of the molecule is CCOc1ccc(S(=O)(=O)N(C)C)cc1C1=NC(c2ccc(Cl)cc2)C(c2ccc(Cl)cc2)N1C(=O)N1CCN(CC(=O)N(C)C)CC1. The van der Waals surface area contributed by atoms with Crippen molar-refractivity contribution in [3.05, 3.63) is 93.5 Å². The topological polar surface area (TPSA) is 106 Å². The highest BCUT2D eigenvalue weighted by Crippen LogP contribution is 2.46. The highest BCUT2D eigenvalue weighted by molar-refractivity contribution is 7.89. The van der Waals surface area contributed by atoms with Gasteiger partial charge in [0.15, 0.2) is 0 Å². The third-order valence-electron chi connectivity index (χ3n) is 8.47. The number of carbonyl (C=O) groups is 2. The number of carbonyl (C=O) groups excluding carboxylic acids is 2. The molecule has 0 radical (unpaired) electrons. The van der Waals surface area contributed by atoms with Gasteiger partial charge in [-0.3, -0.25) is 19.6 Å². The molecule has 14 heteroatoms. The lowest BCUT2D eigenvalue weighted by Gasteiger charge is -2.39. The summed E-state index contributed by atoms with van der Waals surface area (Å²) < 4.78 is 33.8. The molecule has 48 heavy (non-hydrogen) atoms. The minimum absolute atomic E-state index is 0.00615. The maximum atomic E-state index is 14.8. The van der Waals surface area contributed by atoms with Crippen LogP contribution >= 0.6 is 23.2 Å². The lowest BCUT2D eigenvalue weighted by atomic mass is 9.93. The van der Waals surface area contributed by atoms with E-state index in [0.29, 0.717) is 54.1 Å². The monoisotopic (exact) mass is 714 g/mol. The first-order valence-electron chi connectivity index (χ1n) is 15.6. The van der Waals surface area contributed by atoms with E-state index in [2.05, 4.69) is 0 Å². The second-order valence-electron chi connectivity index (χ2n) is 12.0. The zero-order chi connectivity index (χ0) is 34.7. The molecule has 11 nitrogen and oxygen atoms in total. The van der Waals surface area contributed by atoms with Crippen LogP contribution in [0.5, 0.6) is 5.75 Å². The summed E-state index contributed by atoms with van der Waals surface area (Å²) in [6.45, 7) is 4.20. The number of likely N-dealkylation sites (N-methyl/N-ethyl adjacent to an activating group) is 1. The highest BCUT2D eigenvalue weighted by atomic mass is 35.5. The number of hydrogen-bond donors (Lipinski definition) is 0. The van der Waals surface area contributed by atoms with E-state index in [1.165, 1.54) is 26.2 Å². The smallest absolute Gasteiger partial charge is 0.326 e. The summed E-state index contributed by atoms with van der Waals surface area (Å²) in [6.07, 6.45) is 0. The van der Waals surface area contributed by atoms with E-state index in [9.17, 15) is 18.0 Å². The van der Waals surface area contributed by atoms with Crippen molar-refractivity contribution in [1.82, 2.24) is 23.9 Å². The Labute approximate surface area is 292 Å². The van der Waals surface area contributed by atoms with Crippen molar-refractivity contribution in [2.45, 2.75) is 23.9 Å². The molecule has 3 aromatic rings. The summed E-state index contributed by atoms with van der Waals surface area (Å²) in [5.74, 6) is 0.670. The standard InChI is InChI=1S/C34H40Cl2N6O5S/c1-6-47-29-16-15-27(48(45,46)39(4)5)21-28(29)33-37-31(23-7-11-25(35)12-8-23)32(24-9-13-26(36)14-10-24)42(33)34(44)41-19-17-40(18-20-41)22-30(43)38(2)3/h7-16,21,31-32H,6,17-20,22H2,1-5H3. The predicted molar refractivity (Wildman–Crippen MR) is 187 cm³/mol. The maximum Gasteiger partial charge on any atom is 0.326 e. The van der Waals surface area contributed by atoms with E-state index in [-0.39, 0.29) is 29.2 Å². The largest absolute Gasteiger partial charge is 0.493 e. The Bertz CT molecular complexity index is 1780. The average molecular weight is 716 g/mol. The number of rotatable bonds is 9. The van der Waals surface area contributed by atoms with Crippen LogP contribution in [0.1, 0.15) is 35.7 Å². The maximum absolute atomic E-state index is 14.8. The van der Waals surface area contributed by atoms with E-state index in [0.717, 1.165) is 15.4 Å². The molecule has 2 aliphatic rings. The van der Waals surface area contributed by atoms with Gasteiger partial charge in [0.05, 0.1) is 29.7 Å². The van der Waals surface area contributed by atoms with Crippen molar-refractivity contribution >= 4 is 51.0 Å². The summed E-state index contributed by atoms with van der Waals surface area (Å²) in [7, 11) is 2.54. The highest BCUT2D eigenvalue weighted by Gasteiger charge is 2.45. The van der Waals surface area contributed by atoms with Crippen molar-refractivity contribution in [2.75, 3.05) is 67.5 Å². The van der Waals surface area contributed by atoms with Crippen molar-refractivity contribution in [3.63, 3.8) is 0 Å². The molecule has 2 unspecified atom stereocenters. The minimum atomic E-state index is -3.84. The number of benzene rings is 3. The number of piperazine rings is 1. The Balaban J connectivity index is 1.65. The predicted octanol–water partition coefficient (Wildman–Crippen LogP) is 5.01. The fourth-order valence-corrected chi connectivity index (χ4v) is 6.95. The van der Waals surface area contributed by atoms with Crippen LogP contribution in [0.15, 0.2) is 76.6 Å². The zero-order valence-electron chi connectivity index (χ0n) is 27.6. The van der Waals surface area contributed by atoms with E-state index < -0.39 is 22.1 Å². The van der Waals surface area contributed by atoms with Gasteiger partial charge >= 0.3 is 6.03 Å². The Hall–Kier alpha value is -3.68. The molecule has 0 aromatic heterocycles. The van der Waals surface area contributed by atoms with Gasteiger partial charge in [-0.2, -0.15) is 0 Å². The van der Waals surface area contributed by atoms with Crippen molar-refractivity contribution in [2.24, 2.45) is 4.99 Å². The minimum Gasteiger partial charge on any atom is -0.493 e. The lowest BCUT2D eigenvalue weighted by Crippen LogP contribution is -2.55. The number of aliphatic imine (C=N–C) groups is 1. The average Bonchev–Trinajstić information content (AvgIpc) is 3.46. The number of halogens is 2. The summed E-state index contributed by atoms with van der Waals surface area (Å²) >= 11 is 12.6. The van der Waals surface area contributed by atoms with Gasteiger partial charge in [-0.25, -0.2) is 17.5 Å². The van der Waals surface area contributed by atoms with Gasteiger partial charge in [-0.15, -0.1) is 0 Å². The van der Waals surface area contributed by atoms with Gasteiger partial charge < -0.3 is 14.5 Å². The Morgan fingerprint density at radius 2 is 1.46 bits per heavy atom. The number of ether oxygens (including phenoxy) is 1. The van der Waals surface area contributed by atoms with Gasteiger partial charge in [-0.1, -0.05) is 47.5 Å². The van der Waals surface area contributed by atoms with E-state index in [1.807, 2.05) is 36.1 Å².